The minimum absolute atomic E-state index is 0.604. The number of benzene rings is 2. The molecule has 0 radical (unpaired) electrons. The van der Waals surface area contributed by atoms with E-state index < -0.39 is 21.5 Å². The van der Waals surface area contributed by atoms with Crippen LogP contribution in [0.4, 0.5) is 0 Å². The zero-order valence-corrected chi connectivity index (χ0v) is 13.5. The fourth-order valence-corrected chi connectivity index (χ4v) is 1.13. The summed E-state index contributed by atoms with van der Waals surface area (Å²) in [5.74, 6) is 0. The second-order valence-corrected chi connectivity index (χ2v) is 5.07. The fourth-order valence-electron chi connectivity index (χ4n) is 1.13. The molecule has 0 atom stereocenters. The summed E-state index contributed by atoms with van der Waals surface area (Å²) < 4.78 is 52.6. The van der Waals surface area contributed by atoms with E-state index in [1.807, 2.05) is 13.8 Å². The van der Waals surface area contributed by atoms with Crippen LogP contribution < -0.4 is 0 Å². The van der Waals surface area contributed by atoms with Gasteiger partial charge >= 0.3 is 0 Å². The Hall–Kier alpha value is -1.32. The number of fused-ring (bicyclic) bond motifs is 1. The van der Waals surface area contributed by atoms with Gasteiger partial charge in [0.1, 0.15) is 0 Å². The third-order valence-corrected chi connectivity index (χ3v) is 1.66. The molecule has 0 spiro atoms. The van der Waals surface area contributed by atoms with Crippen molar-refractivity contribution in [1.29, 1.82) is 0 Å². The molecular formula is C13H17O6S2-3. The van der Waals surface area contributed by atoms with Gasteiger partial charge in [0.15, 0.2) is 0 Å². The van der Waals surface area contributed by atoms with Gasteiger partial charge in [0.2, 0.25) is 0 Å². The lowest BCUT2D eigenvalue weighted by molar-refractivity contribution is 0.419. The van der Waals surface area contributed by atoms with E-state index >= 15 is 0 Å². The highest BCUT2D eigenvalue weighted by molar-refractivity contribution is 7.84. The van der Waals surface area contributed by atoms with E-state index in [1.54, 1.807) is 0 Å². The molecule has 6 nitrogen and oxygen atoms in total. The van der Waals surface area contributed by atoms with Crippen molar-refractivity contribution in [3.05, 3.63) is 48.5 Å². The molecule has 120 valence electrons. The Morgan fingerprint density at radius 1 is 0.857 bits per heavy atom. The van der Waals surface area contributed by atoms with Crippen molar-refractivity contribution >= 4 is 32.3 Å². The Labute approximate surface area is 127 Å². The fraction of sp³-hybridized carbons (Fsp3) is 0.231. The van der Waals surface area contributed by atoms with E-state index in [0.717, 1.165) is 0 Å². The number of rotatable bonds is 0. The highest BCUT2D eigenvalue weighted by atomic mass is 32.2. The molecular weight excluding hydrogens is 316 g/mol. The van der Waals surface area contributed by atoms with Crippen LogP contribution in [0.3, 0.4) is 0 Å². The molecule has 0 amide bonds. The Kier molecular flexibility index (Phi) is 13.0. The minimum Gasteiger partial charge on any atom is -0.784 e. The van der Waals surface area contributed by atoms with Crippen LogP contribution in [0, 0.1) is 0 Å². The van der Waals surface area contributed by atoms with Crippen LogP contribution in [0.15, 0.2) is 48.5 Å². The average Bonchev–Trinajstić information content (AvgIpc) is 2.39. The van der Waals surface area contributed by atoms with Crippen molar-refractivity contribution in [2.75, 3.05) is 6.26 Å². The lowest BCUT2D eigenvalue weighted by atomic mass is 10.1. The van der Waals surface area contributed by atoms with Crippen LogP contribution >= 0.6 is 0 Å². The van der Waals surface area contributed by atoms with Gasteiger partial charge < -0.3 is 13.7 Å². The highest BCUT2D eigenvalue weighted by Gasteiger charge is 1.85. The molecule has 0 aliphatic carbocycles. The summed E-state index contributed by atoms with van der Waals surface area (Å²) in [5.41, 5.74) is 0. The molecule has 0 saturated carbocycles. The van der Waals surface area contributed by atoms with E-state index in [-0.39, 0.29) is 0 Å². The van der Waals surface area contributed by atoms with Crippen molar-refractivity contribution in [2.45, 2.75) is 13.8 Å². The molecule has 0 unspecified atom stereocenters. The molecule has 21 heavy (non-hydrogen) atoms. The van der Waals surface area contributed by atoms with Crippen LogP contribution in [-0.2, 0) is 21.5 Å². The molecule has 2 aromatic rings. The van der Waals surface area contributed by atoms with Gasteiger partial charge in [0.05, 0.1) is 10.1 Å². The molecule has 0 N–H and O–H groups in total. The molecule has 0 aliphatic rings. The summed E-state index contributed by atoms with van der Waals surface area (Å²) in [5, 5.41) is 2.62. The summed E-state index contributed by atoms with van der Waals surface area (Å²) in [4.78, 5) is 0. The molecule has 0 bridgehead atoms. The summed E-state index contributed by atoms with van der Waals surface area (Å²) in [6.45, 7) is 4.00. The van der Waals surface area contributed by atoms with E-state index in [2.05, 4.69) is 48.5 Å². The molecule has 0 heterocycles. The van der Waals surface area contributed by atoms with Gasteiger partial charge in [0, 0.05) is 6.26 Å². The molecule has 0 aliphatic heterocycles. The van der Waals surface area contributed by atoms with Crippen LogP contribution in [-0.4, -0.2) is 32.5 Å². The summed E-state index contributed by atoms with van der Waals surface area (Å²) in [6.07, 6.45) is 0.604. The quantitative estimate of drug-likeness (QED) is 0.537. The van der Waals surface area contributed by atoms with Gasteiger partial charge in [-0.2, -0.15) is 0 Å². The van der Waals surface area contributed by atoms with E-state index in [0.29, 0.717) is 6.26 Å². The Bertz CT molecular complexity index is 548. The predicted molar refractivity (Wildman–Crippen MR) is 80.6 cm³/mol. The first kappa shape index (κ1) is 22.0. The van der Waals surface area contributed by atoms with Gasteiger partial charge in [-0.05, 0) is 10.8 Å². The summed E-state index contributed by atoms with van der Waals surface area (Å²) in [7, 11) is -3.92. The third kappa shape index (κ3) is 18.7. The zero-order chi connectivity index (χ0) is 16.9. The van der Waals surface area contributed by atoms with Gasteiger partial charge in [-0.15, -0.1) is 11.4 Å². The average molecular weight is 333 g/mol. The predicted octanol–water partition coefficient (Wildman–Crippen LogP) is 2.02. The molecule has 0 saturated heterocycles. The molecule has 2 aromatic carbocycles. The topological polar surface area (TPSA) is 120 Å². The molecule has 8 heteroatoms. The monoisotopic (exact) mass is 333 g/mol. The maximum absolute atomic E-state index is 9.08. The lowest BCUT2D eigenvalue weighted by Gasteiger charge is -2.03. The Balaban J connectivity index is 0. The SMILES string of the molecule is CC.CS(=O)(=O)[O-].O=S([O-])[O-].c1ccc2ccccc2c1. The highest BCUT2D eigenvalue weighted by Crippen LogP contribution is 2.11. The third-order valence-electron chi connectivity index (χ3n) is 1.66. The minimum atomic E-state index is -3.92. The largest absolute Gasteiger partial charge is 0.784 e. The van der Waals surface area contributed by atoms with E-state index in [4.69, 9.17) is 26.3 Å². The number of hydrogen-bond acceptors (Lipinski definition) is 6. The van der Waals surface area contributed by atoms with Gasteiger partial charge in [0.25, 0.3) is 0 Å². The van der Waals surface area contributed by atoms with Gasteiger partial charge in [-0.1, -0.05) is 62.4 Å². The summed E-state index contributed by atoms with van der Waals surface area (Å²) in [6, 6.07) is 16.7. The van der Waals surface area contributed by atoms with Crippen LogP contribution in [0.1, 0.15) is 13.8 Å². The number of hydrogen-bond donors (Lipinski definition) is 0. The van der Waals surface area contributed by atoms with Crippen molar-refractivity contribution in [2.24, 2.45) is 0 Å². The first-order valence-corrected chi connectivity index (χ1v) is 8.63. The lowest BCUT2D eigenvalue weighted by Crippen LogP contribution is -1.88. The van der Waals surface area contributed by atoms with E-state index in [9.17, 15) is 0 Å². The maximum Gasteiger partial charge on any atom is 0.0916 e. The van der Waals surface area contributed by atoms with Crippen LogP contribution in [0.5, 0.6) is 0 Å². The Morgan fingerprint density at radius 3 is 1.14 bits per heavy atom. The molecule has 0 fully saturated rings. The second-order valence-electron chi connectivity index (χ2n) is 3.26. The second kappa shape index (κ2) is 12.4. The van der Waals surface area contributed by atoms with Crippen LogP contribution in [0.2, 0.25) is 0 Å². The van der Waals surface area contributed by atoms with Crippen LogP contribution in [0.25, 0.3) is 10.8 Å². The maximum atomic E-state index is 9.08. The first-order chi connectivity index (χ1) is 9.70. The normalized spacial score (nSPS) is 9.48. The summed E-state index contributed by atoms with van der Waals surface area (Å²) >= 11 is -3.11. The standard InChI is InChI=1S/C10H8.C2H6.CH4O3S.H2O3S/c1-2-6-10-8-4-3-7-9(10)5-1;1-2;1-5(2,3)4;1-4(2)3/h1-8H;1-2H3;1H3,(H,2,3,4);(H2,1,2,3)/p-3. The van der Waals surface area contributed by atoms with Crippen molar-refractivity contribution in [3.63, 3.8) is 0 Å². The molecule has 0 aromatic heterocycles. The van der Waals surface area contributed by atoms with E-state index in [1.165, 1.54) is 10.8 Å². The van der Waals surface area contributed by atoms with Gasteiger partial charge in [-0.3, -0.25) is 4.21 Å². The van der Waals surface area contributed by atoms with Crippen molar-refractivity contribution in [1.82, 2.24) is 0 Å². The van der Waals surface area contributed by atoms with Gasteiger partial charge in [-0.25, -0.2) is 8.42 Å². The zero-order valence-electron chi connectivity index (χ0n) is 11.9. The Morgan fingerprint density at radius 2 is 1.00 bits per heavy atom. The van der Waals surface area contributed by atoms with Crippen molar-refractivity contribution < 1.29 is 26.3 Å². The first-order valence-electron chi connectivity index (χ1n) is 5.81. The van der Waals surface area contributed by atoms with Crippen molar-refractivity contribution in [3.8, 4) is 0 Å². The smallest absolute Gasteiger partial charge is 0.0916 e. The molecule has 2 rings (SSSR count).